The van der Waals surface area contributed by atoms with Crippen LogP contribution < -0.4 is 0 Å². The Labute approximate surface area is 99.0 Å². The minimum absolute atomic E-state index is 0.174. The second-order valence-electron chi connectivity index (χ2n) is 6.34. The third-order valence-corrected chi connectivity index (χ3v) is 3.74. The molecule has 0 spiro atoms. The van der Waals surface area contributed by atoms with Crippen LogP contribution in [-0.4, -0.2) is 9.78 Å². The zero-order valence-corrected chi connectivity index (χ0v) is 11.0. The lowest BCUT2D eigenvalue weighted by molar-refractivity contribution is 0.272. The van der Waals surface area contributed by atoms with Gasteiger partial charge in [-0.15, -0.1) is 0 Å². The van der Waals surface area contributed by atoms with Crippen molar-refractivity contribution >= 4 is 0 Å². The van der Waals surface area contributed by atoms with Gasteiger partial charge < -0.3 is 0 Å². The van der Waals surface area contributed by atoms with Gasteiger partial charge in [0.15, 0.2) is 0 Å². The molecule has 2 nitrogen and oxygen atoms in total. The number of rotatable bonds is 1. The molecular formula is C14H24N2. The standard InChI is InChI=1S/C14H24N2/c1-11-5-7-12(8-6-11)16-10-9-13(15-16)14(2,3)4/h9-12H,5-8H2,1-4H3. The van der Waals surface area contributed by atoms with Gasteiger partial charge in [-0.05, 0) is 37.7 Å². The third-order valence-electron chi connectivity index (χ3n) is 3.74. The van der Waals surface area contributed by atoms with Gasteiger partial charge in [-0.1, -0.05) is 27.7 Å². The van der Waals surface area contributed by atoms with E-state index in [0.29, 0.717) is 6.04 Å². The van der Waals surface area contributed by atoms with E-state index in [4.69, 9.17) is 5.10 Å². The summed E-state index contributed by atoms with van der Waals surface area (Å²) in [5.41, 5.74) is 1.39. The summed E-state index contributed by atoms with van der Waals surface area (Å²) < 4.78 is 2.20. The van der Waals surface area contributed by atoms with Gasteiger partial charge in [0.25, 0.3) is 0 Å². The molecule has 1 aliphatic rings. The Morgan fingerprint density at radius 1 is 1.19 bits per heavy atom. The molecule has 0 radical (unpaired) electrons. The van der Waals surface area contributed by atoms with Crippen LogP contribution >= 0.6 is 0 Å². The zero-order valence-electron chi connectivity index (χ0n) is 11.0. The van der Waals surface area contributed by atoms with Crippen molar-refractivity contribution in [3.05, 3.63) is 18.0 Å². The molecule has 0 N–H and O–H groups in total. The maximum atomic E-state index is 4.75. The van der Waals surface area contributed by atoms with Crippen LogP contribution in [-0.2, 0) is 5.41 Å². The van der Waals surface area contributed by atoms with Crippen molar-refractivity contribution in [1.82, 2.24) is 9.78 Å². The van der Waals surface area contributed by atoms with Crippen LogP contribution in [0.15, 0.2) is 12.3 Å². The fourth-order valence-corrected chi connectivity index (χ4v) is 2.45. The monoisotopic (exact) mass is 220 g/mol. The quantitative estimate of drug-likeness (QED) is 0.701. The summed E-state index contributed by atoms with van der Waals surface area (Å²) in [6, 6.07) is 2.82. The lowest BCUT2D eigenvalue weighted by Gasteiger charge is -2.26. The van der Waals surface area contributed by atoms with Crippen LogP contribution in [0, 0.1) is 5.92 Å². The molecule has 1 aliphatic carbocycles. The fourth-order valence-electron chi connectivity index (χ4n) is 2.45. The average molecular weight is 220 g/mol. The van der Waals surface area contributed by atoms with Crippen LogP contribution in [0.3, 0.4) is 0 Å². The first-order chi connectivity index (χ1) is 7.47. The third kappa shape index (κ3) is 2.47. The van der Waals surface area contributed by atoms with Gasteiger partial charge in [0.05, 0.1) is 11.7 Å². The van der Waals surface area contributed by atoms with Crippen LogP contribution in [0.1, 0.15) is 65.1 Å². The molecular weight excluding hydrogens is 196 g/mol. The van der Waals surface area contributed by atoms with Crippen LogP contribution in [0.4, 0.5) is 0 Å². The summed E-state index contributed by atoms with van der Waals surface area (Å²) >= 11 is 0. The lowest BCUT2D eigenvalue weighted by atomic mass is 9.87. The van der Waals surface area contributed by atoms with E-state index in [0.717, 1.165) is 5.92 Å². The molecule has 2 heteroatoms. The molecule has 1 fully saturated rings. The molecule has 16 heavy (non-hydrogen) atoms. The molecule has 1 aromatic rings. The van der Waals surface area contributed by atoms with Crippen molar-refractivity contribution in [2.75, 3.05) is 0 Å². The van der Waals surface area contributed by atoms with E-state index >= 15 is 0 Å². The Morgan fingerprint density at radius 2 is 1.81 bits per heavy atom. The molecule has 1 heterocycles. The van der Waals surface area contributed by atoms with Gasteiger partial charge in [-0.3, -0.25) is 4.68 Å². The van der Waals surface area contributed by atoms with Gasteiger partial charge in [-0.25, -0.2) is 0 Å². The Hall–Kier alpha value is -0.790. The lowest BCUT2D eigenvalue weighted by Crippen LogP contribution is -2.19. The Morgan fingerprint density at radius 3 is 2.31 bits per heavy atom. The topological polar surface area (TPSA) is 17.8 Å². The summed E-state index contributed by atoms with van der Waals surface area (Å²) in [5, 5.41) is 4.75. The number of hydrogen-bond acceptors (Lipinski definition) is 1. The van der Waals surface area contributed by atoms with Gasteiger partial charge in [0.2, 0.25) is 0 Å². The molecule has 0 amide bonds. The molecule has 0 aliphatic heterocycles. The maximum Gasteiger partial charge on any atom is 0.0678 e. The van der Waals surface area contributed by atoms with E-state index in [1.54, 1.807) is 0 Å². The summed E-state index contributed by atoms with van der Waals surface area (Å²) in [7, 11) is 0. The molecule has 0 bridgehead atoms. The second kappa shape index (κ2) is 4.23. The number of nitrogens with zero attached hydrogens (tertiary/aromatic N) is 2. The predicted molar refractivity (Wildman–Crippen MR) is 67.6 cm³/mol. The van der Waals surface area contributed by atoms with E-state index in [-0.39, 0.29) is 5.41 Å². The summed E-state index contributed by atoms with van der Waals surface area (Å²) in [4.78, 5) is 0. The predicted octanol–water partition coefficient (Wildman–Crippen LogP) is 3.93. The smallest absolute Gasteiger partial charge is 0.0678 e. The first-order valence-corrected chi connectivity index (χ1v) is 6.52. The SMILES string of the molecule is CC1CCC(n2ccc(C(C)(C)C)n2)CC1. The highest BCUT2D eigenvalue weighted by atomic mass is 15.3. The molecule has 0 aromatic carbocycles. The summed E-state index contributed by atoms with van der Waals surface area (Å²) in [5.74, 6) is 0.911. The number of hydrogen-bond donors (Lipinski definition) is 0. The first-order valence-electron chi connectivity index (χ1n) is 6.52. The maximum absolute atomic E-state index is 4.75. The van der Waals surface area contributed by atoms with E-state index < -0.39 is 0 Å². The summed E-state index contributed by atoms with van der Waals surface area (Å²) in [6.45, 7) is 9.04. The molecule has 90 valence electrons. The van der Waals surface area contributed by atoms with E-state index in [9.17, 15) is 0 Å². The molecule has 2 rings (SSSR count). The average Bonchev–Trinajstić information content (AvgIpc) is 2.67. The van der Waals surface area contributed by atoms with E-state index in [2.05, 4.69) is 44.6 Å². The van der Waals surface area contributed by atoms with Gasteiger partial charge >= 0.3 is 0 Å². The molecule has 1 saturated carbocycles. The molecule has 0 atom stereocenters. The van der Waals surface area contributed by atoms with Crippen molar-refractivity contribution < 1.29 is 0 Å². The van der Waals surface area contributed by atoms with Crippen molar-refractivity contribution in [2.24, 2.45) is 5.92 Å². The van der Waals surface area contributed by atoms with Gasteiger partial charge in [0, 0.05) is 11.6 Å². The summed E-state index contributed by atoms with van der Waals surface area (Å²) in [6.07, 6.45) is 7.48. The molecule has 1 aromatic heterocycles. The normalized spacial score (nSPS) is 27.0. The van der Waals surface area contributed by atoms with Crippen molar-refractivity contribution in [1.29, 1.82) is 0 Å². The fraction of sp³-hybridized carbons (Fsp3) is 0.786. The molecule has 0 unspecified atom stereocenters. The minimum Gasteiger partial charge on any atom is -0.269 e. The van der Waals surface area contributed by atoms with E-state index in [1.807, 2.05) is 0 Å². The zero-order chi connectivity index (χ0) is 11.8. The first kappa shape index (κ1) is 11.7. The van der Waals surface area contributed by atoms with Crippen molar-refractivity contribution in [2.45, 2.75) is 64.8 Å². The van der Waals surface area contributed by atoms with Gasteiger partial charge in [0.1, 0.15) is 0 Å². The van der Waals surface area contributed by atoms with Crippen molar-refractivity contribution in [3.8, 4) is 0 Å². The minimum atomic E-state index is 0.174. The molecule has 0 saturated heterocycles. The van der Waals surface area contributed by atoms with Crippen LogP contribution in [0.2, 0.25) is 0 Å². The van der Waals surface area contributed by atoms with Crippen molar-refractivity contribution in [3.63, 3.8) is 0 Å². The Kier molecular flexibility index (Phi) is 3.09. The largest absolute Gasteiger partial charge is 0.269 e. The van der Waals surface area contributed by atoms with E-state index in [1.165, 1.54) is 31.4 Å². The number of aromatic nitrogens is 2. The highest BCUT2D eigenvalue weighted by Crippen LogP contribution is 2.32. The highest BCUT2D eigenvalue weighted by molar-refractivity contribution is 5.10. The van der Waals surface area contributed by atoms with Crippen LogP contribution in [0.5, 0.6) is 0 Å². The van der Waals surface area contributed by atoms with Gasteiger partial charge in [-0.2, -0.15) is 5.10 Å². The van der Waals surface area contributed by atoms with Crippen LogP contribution in [0.25, 0.3) is 0 Å². The Bertz CT molecular complexity index is 338. The second-order valence-corrected chi connectivity index (χ2v) is 6.34. The Balaban J connectivity index is 2.08. The highest BCUT2D eigenvalue weighted by Gasteiger charge is 2.22.